The third kappa shape index (κ3) is 3.80. The van der Waals surface area contributed by atoms with Gasteiger partial charge in [0.15, 0.2) is 11.5 Å². The number of ether oxygens (including phenoxy) is 1. The Morgan fingerprint density at radius 2 is 1.31 bits per heavy atom. The molecule has 3 heteroatoms. The SMILES string of the molecule is C1=CC2SC3C=CC=C(c4ccc5c(c4)Oc4ccccc4N5c4ccc(-c5ccccc5)cc4)C3C2C=C1. The molecule has 2 aliphatic carbocycles. The molecule has 2 nitrogen and oxygen atoms in total. The highest BCUT2D eigenvalue weighted by molar-refractivity contribution is 8.01. The van der Waals surface area contributed by atoms with Gasteiger partial charge >= 0.3 is 0 Å². The first-order valence-corrected chi connectivity index (χ1v) is 14.5. The van der Waals surface area contributed by atoms with E-state index in [0.717, 1.165) is 28.6 Å². The second-order valence-corrected chi connectivity index (χ2v) is 11.8. The van der Waals surface area contributed by atoms with Crippen molar-refractivity contribution in [2.75, 3.05) is 4.90 Å². The van der Waals surface area contributed by atoms with Crippen molar-refractivity contribution in [3.05, 3.63) is 145 Å². The molecule has 4 aliphatic rings. The molecule has 8 rings (SSSR count). The van der Waals surface area contributed by atoms with E-state index in [0.29, 0.717) is 22.3 Å². The maximum absolute atomic E-state index is 6.55. The van der Waals surface area contributed by atoms with Gasteiger partial charge in [0.05, 0.1) is 11.4 Å². The van der Waals surface area contributed by atoms with E-state index in [2.05, 4.69) is 150 Å². The van der Waals surface area contributed by atoms with Gasteiger partial charge in [-0.15, -0.1) is 11.8 Å². The first kappa shape index (κ1) is 22.7. The fourth-order valence-electron chi connectivity index (χ4n) is 6.42. The minimum absolute atomic E-state index is 0.474. The Hall–Kier alpha value is -4.21. The molecular formula is C36H27NOS. The van der Waals surface area contributed by atoms with Gasteiger partial charge in [-0.05, 0) is 58.7 Å². The van der Waals surface area contributed by atoms with E-state index in [1.54, 1.807) is 0 Å². The van der Waals surface area contributed by atoms with E-state index in [1.165, 1.54) is 22.3 Å². The van der Waals surface area contributed by atoms with Crippen molar-refractivity contribution in [3.8, 4) is 22.6 Å². The highest BCUT2D eigenvalue weighted by atomic mass is 32.2. The van der Waals surface area contributed by atoms with Crippen LogP contribution in [0.15, 0.2) is 140 Å². The summed E-state index contributed by atoms with van der Waals surface area (Å²) in [6.07, 6.45) is 16.1. The van der Waals surface area contributed by atoms with E-state index in [9.17, 15) is 0 Å². The summed E-state index contributed by atoms with van der Waals surface area (Å²) >= 11 is 2.09. The van der Waals surface area contributed by atoms with E-state index in [4.69, 9.17) is 4.74 Å². The summed E-state index contributed by atoms with van der Waals surface area (Å²) in [4.78, 5) is 2.32. The molecule has 1 fully saturated rings. The van der Waals surface area contributed by atoms with Crippen LogP contribution in [0.3, 0.4) is 0 Å². The molecule has 0 spiro atoms. The Bertz CT molecular complexity index is 1680. The summed E-state index contributed by atoms with van der Waals surface area (Å²) in [5.41, 5.74) is 8.32. The van der Waals surface area contributed by atoms with E-state index < -0.39 is 0 Å². The van der Waals surface area contributed by atoms with Crippen LogP contribution in [0.5, 0.6) is 11.5 Å². The summed E-state index contributed by atoms with van der Waals surface area (Å²) in [5, 5.41) is 1.05. The molecule has 0 bridgehead atoms. The van der Waals surface area contributed by atoms with Crippen LogP contribution in [0.1, 0.15) is 5.56 Å². The van der Waals surface area contributed by atoms with Crippen molar-refractivity contribution in [2.45, 2.75) is 10.5 Å². The summed E-state index contributed by atoms with van der Waals surface area (Å²) in [6, 6.07) is 34.4. The Kier molecular flexibility index (Phi) is 5.37. The van der Waals surface area contributed by atoms with Gasteiger partial charge < -0.3 is 9.64 Å². The minimum atomic E-state index is 0.474. The molecule has 0 aromatic heterocycles. The molecule has 2 aliphatic heterocycles. The smallest absolute Gasteiger partial charge is 0.152 e. The highest BCUT2D eigenvalue weighted by Crippen LogP contribution is 2.55. The molecule has 39 heavy (non-hydrogen) atoms. The van der Waals surface area contributed by atoms with Crippen molar-refractivity contribution in [1.29, 1.82) is 0 Å². The number of rotatable bonds is 3. The third-order valence-electron chi connectivity index (χ3n) is 8.24. The van der Waals surface area contributed by atoms with Crippen LogP contribution in [0.25, 0.3) is 16.7 Å². The molecule has 0 N–H and O–H groups in total. The van der Waals surface area contributed by atoms with Crippen LogP contribution in [-0.4, -0.2) is 10.5 Å². The average molecular weight is 522 g/mol. The lowest BCUT2D eigenvalue weighted by Crippen LogP contribution is -2.23. The van der Waals surface area contributed by atoms with Crippen molar-refractivity contribution >= 4 is 34.4 Å². The third-order valence-corrected chi connectivity index (χ3v) is 9.79. The van der Waals surface area contributed by atoms with Gasteiger partial charge in [-0.2, -0.15) is 0 Å². The van der Waals surface area contributed by atoms with Gasteiger partial charge in [0.1, 0.15) is 0 Å². The molecule has 4 atom stereocenters. The quantitative estimate of drug-likeness (QED) is 0.234. The van der Waals surface area contributed by atoms with Crippen molar-refractivity contribution in [1.82, 2.24) is 0 Å². The monoisotopic (exact) mass is 521 g/mol. The fourth-order valence-corrected chi connectivity index (χ4v) is 8.08. The zero-order chi connectivity index (χ0) is 25.8. The number of thioether (sulfide) groups is 1. The predicted molar refractivity (Wildman–Crippen MR) is 164 cm³/mol. The number of fused-ring (bicyclic) bond motifs is 5. The van der Waals surface area contributed by atoms with Crippen LogP contribution < -0.4 is 9.64 Å². The maximum Gasteiger partial charge on any atom is 0.152 e. The second kappa shape index (κ2) is 9.21. The Morgan fingerprint density at radius 3 is 2.21 bits per heavy atom. The Balaban J connectivity index is 1.19. The molecule has 4 unspecified atom stereocenters. The molecule has 2 heterocycles. The number of benzene rings is 4. The molecule has 1 saturated heterocycles. The van der Waals surface area contributed by atoms with Crippen LogP contribution in [-0.2, 0) is 0 Å². The minimum Gasteiger partial charge on any atom is -0.453 e. The lowest BCUT2D eigenvalue weighted by Gasteiger charge is -2.34. The second-order valence-electron chi connectivity index (χ2n) is 10.4. The molecule has 188 valence electrons. The van der Waals surface area contributed by atoms with Crippen LogP contribution in [0.4, 0.5) is 17.1 Å². The van der Waals surface area contributed by atoms with Gasteiger partial charge in [-0.25, -0.2) is 0 Å². The lowest BCUT2D eigenvalue weighted by atomic mass is 9.75. The summed E-state index contributed by atoms with van der Waals surface area (Å²) in [5.74, 6) is 2.77. The Labute approximate surface area is 233 Å². The zero-order valence-electron chi connectivity index (χ0n) is 21.4. The summed E-state index contributed by atoms with van der Waals surface area (Å²) < 4.78 is 6.55. The van der Waals surface area contributed by atoms with Gasteiger partial charge in [0.25, 0.3) is 0 Å². The normalized spacial score (nSPS) is 23.8. The molecule has 0 amide bonds. The maximum atomic E-state index is 6.55. The lowest BCUT2D eigenvalue weighted by molar-refractivity contribution is 0.476. The number of hydrogen-bond donors (Lipinski definition) is 0. The largest absolute Gasteiger partial charge is 0.453 e. The standard InChI is InChI=1S/C36H27NOS/c1-2-9-24(10-3-1)25-17-20-27(21-18-25)37-30-13-5-6-14-32(30)38-33-23-26(19-22-31(33)37)28-12-8-16-35-36(28)29-11-4-7-15-34(29)39-35/h1-23,29,34-36H. The average Bonchev–Trinajstić information content (AvgIpc) is 3.39. The molecule has 0 radical (unpaired) electrons. The number of anilines is 3. The first-order valence-electron chi connectivity index (χ1n) is 13.6. The van der Waals surface area contributed by atoms with E-state index >= 15 is 0 Å². The van der Waals surface area contributed by atoms with Gasteiger partial charge in [0, 0.05) is 28.0 Å². The van der Waals surface area contributed by atoms with Gasteiger partial charge in [0.2, 0.25) is 0 Å². The predicted octanol–water partition coefficient (Wildman–Crippen LogP) is 9.72. The molecule has 4 aromatic carbocycles. The van der Waals surface area contributed by atoms with Crippen LogP contribution in [0, 0.1) is 11.8 Å². The molecular weight excluding hydrogens is 494 g/mol. The number of nitrogens with zero attached hydrogens (tertiary/aromatic N) is 1. The van der Waals surface area contributed by atoms with Crippen molar-refractivity contribution in [2.24, 2.45) is 11.8 Å². The topological polar surface area (TPSA) is 12.5 Å². The van der Waals surface area contributed by atoms with Crippen LogP contribution in [0.2, 0.25) is 0 Å². The summed E-state index contributed by atoms with van der Waals surface area (Å²) in [7, 11) is 0. The molecule has 0 saturated carbocycles. The molecule has 4 aromatic rings. The van der Waals surface area contributed by atoms with E-state index in [-0.39, 0.29) is 0 Å². The van der Waals surface area contributed by atoms with E-state index in [1.807, 2.05) is 6.07 Å². The van der Waals surface area contributed by atoms with Crippen LogP contribution >= 0.6 is 11.8 Å². The number of para-hydroxylation sites is 2. The van der Waals surface area contributed by atoms with Crippen molar-refractivity contribution in [3.63, 3.8) is 0 Å². The zero-order valence-corrected chi connectivity index (χ0v) is 22.2. The summed E-state index contributed by atoms with van der Waals surface area (Å²) in [6.45, 7) is 0. The highest BCUT2D eigenvalue weighted by Gasteiger charge is 2.44. The number of hydrogen-bond acceptors (Lipinski definition) is 3. The number of allylic oxidation sites excluding steroid dienone is 6. The Morgan fingerprint density at radius 1 is 0.590 bits per heavy atom. The van der Waals surface area contributed by atoms with Gasteiger partial charge in [-0.3, -0.25) is 0 Å². The fraction of sp³-hybridized carbons (Fsp3) is 0.111. The van der Waals surface area contributed by atoms with Crippen molar-refractivity contribution < 1.29 is 4.74 Å². The van der Waals surface area contributed by atoms with Gasteiger partial charge in [-0.1, -0.05) is 103 Å². The first-order chi connectivity index (χ1) is 19.3.